The lowest BCUT2D eigenvalue weighted by Gasteiger charge is -2.13. The van der Waals surface area contributed by atoms with Crippen LogP contribution in [0.15, 0.2) is 12.1 Å². The first-order valence-corrected chi connectivity index (χ1v) is 5.78. The maximum atomic E-state index is 12.3. The molecule has 0 saturated heterocycles. The van der Waals surface area contributed by atoms with E-state index in [9.17, 15) is 13.6 Å². The van der Waals surface area contributed by atoms with Crippen molar-refractivity contribution in [1.82, 2.24) is 0 Å². The molecule has 0 aliphatic carbocycles. The summed E-state index contributed by atoms with van der Waals surface area (Å²) >= 11 is 11.6. The number of ether oxygens (including phenoxy) is 2. The molecule has 0 amide bonds. The van der Waals surface area contributed by atoms with Gasteiger partial charge in [0.25, 0.3) is 0 Å². The van der Waals surface area contributed by atoms with E-state index in [1.54, 1.807) is 6.92 Å². The highest BCUT2D eigenvalue weighted by Gasteiger charge is 2.19. The van der Waals surface area contributed by atoms with Gasteiger partial charge in [-0.1, -0.05) is 23.2 Å². The minimum Gasteiger partial charge on any atom is -0.466 e. The Labute approximate surface area is 113 Å². The summed E-state index contributed by atoms with van der Waals surface area (Å²) in [5.74, 6) is -0.895. The number of carbonyl (C=O) groups excluding carboxylic acids is 1. The molecule has 7 heteroatoms. The molecule has 0 fully saturated rings. The maximum Gasteiger partial charge on any atom is 0.387 e. The third-order valence-corrected chi connectivity index (χ3v) is 2.64. The second-order valence-electron chi connectivity index (χ2n) is 3.20. The third-order valence-electron chi connectivity index (χ3n) is 1.99. The van der Waals surface area contributed by atoms with Crippen LogP contribution in [0.4, 0.5) is 8.78 Å². The Kier molecular flexibility index (Phi) is 5.62. The molecule has 0 unspecified atom stereocenters. The predicted octanol–water partition coefficient (Wildman–Crippen LogP) is 3.70. The number of alkyl halides is 2. The van der Waals surface area contributed by atoms with E-state index in [1.807, 2.05) is 0 Å². The average molecular weight is 299 g/mol. The highest BCUT2D eigenvalue weighted by atomic mass is 35.5. The maximum absolute atomic E-state index is 12.3. The Morgan fingerprint density at radius 1 is 1.33 bits per heavy atom. The van der Waals surface area contributed by atoms with Crippen molar-refractivity contribution in [3.8, 4) is 5.75 Å². The second-order valence-corrected chi connectivity index (χ2v) is 4.01. The van der Waals surface area contributed by atoms with Gasteiger partial charge in [-0.3, -0.25) is 4.79 Å². The molecule has 3 nitrogen and oxygen atoms in total. The van der Waals surface area contributed by atoms with Gasteiger partial charge in [-0.25, -0.2) is 0 Å². The van der Waals surface area contributed by atoms with E-state index in [4.69, 9.17) is 27.9 Å². The normalized spacial score (nSPS) is 10.6. The van der Waals surface area contributed by atoms with Crippen molar-refractivity contribution in [3.63, 3.8) is 0 Å². The van der Waals surface area contributed by atoms with Crippen LogP contribution in [0.5, 0.6) is 5.75 Å². The molecule has 0 radical (unpaired) electrons. The van der Waals surface area contributed by atoms with Gasteiger partial charge < -0.3 is 9.47 Å². The van der Waals surface area contributed by atoms with Crippen LogP contribution in [0.3, 0.4) is 0 Å². The summed E-state index contributed by atoms with van der Waals surface area (Å²) in [6.45, 7) is -1.24. The van der Waals surface area contributed by atoms with Crippen molar-refractivity contribution in [1.29, 1.82) is 0 Å². The zero-order valence-electron chi connectivity index (χ0n) is 9.38. The van der Waals surface area contributed by atoms with Crippen molar-refractivity contribution in [2.24, 2.45) is 0 Å². The molecular formula is C11H10Cl2F2O3. The lowest BCUT2D eigenvalue weighted by atomic mass is 10.1. The van der Waals surface area contributed by atoms with E-state index in [0.717, 1.165) is 0 Å². The lowest BCUT2D eigenvalue weighted by molar-refractivity contribution is -0.142. The predicted molar refractivity (Wildman–Crippen MR) is 63.4 cm³/mol. The summed E-state index contributed by atoms with van der Waals surface area (Å²) in [5, 5.41) is 0.0714. The molecule has 0 aromatic heterocycles. The van der Waals surface area contributed by atoms with Crippen molar-refractivity contribution >= 4 is 29.2 Å². The van der Waals surface area contributed by atoms with Gasteiger partial charge in [0, 0.05) is 10.6 Å². The summed E-state index contributed by atoms with van der Waals surface area (Å²) < 4.78 is 33.5. The standard InChI is InChI=1S/C11H10Cl2F2O3/c1-2-17-9(16)5-6-7(12)3-4-8(13)10(6)18-11(14)15/h3-4,11H,2,5H2,1H3. The highest BCUT2D eigenvalue weighted by molar-refractivity contribution is 6.35. The van der Waals surface area contributed by atoms with Crippen LogP contribution in [0.25, 0.3) is 0 Å². The molecule has 0 saturated carbocycles. The van der Waals surface area contributed by atoms with Gasteiger partial charge in [0.15, 0.2) is 0 Å². The molecule has 1 rings (SSSR count). The number of rotatable bonds is 5. The molecule has 0 aliphatic heterocycles. The van der Waals surface area contributed by atoms with Gasteiger partial charge in [0.05, 0.1) is 18.1 Å². The van der Waals surface area contributed by atoms with E-state index < -0.39 is 12.6 Å². The zero-order chi connectivity index (χ0) is 13.7. The van der Waals surface area contributed by atoms with Gasteiger partial charge in [0.1, 0.15) is 5.75 Å². The van der Waals surface area contributed by atoms with Gasteiger partial charge in [-0.05, 0) is 19.1 Å². The summed E-state index contributed by atoms with van der Waals surface area (Å²) in [5.41, 5.74) is 0.0860. The fourth-order valence-corrected chi connectivity index (χ4v) is 1.75. The molecular weight excluding hydrogens is 289 g/mol. The molecule has 0 atom stereocenters. The minimum atomic E-state index is -3.05. The molecule has 18 heavy (non-hydrogen) atoms. The molecule has 100 valence electrons. The van der Waals surface area contributed by atoms with E-state index in [-0.39, 0.29) is 34.4 Å². The third kappa shape index (κ3) is 3.99. The Bertz CT molecular complexity index is 439. The number of hydrogen-bond acceptors (Lipinski definition) is 3. The smallest absolute Gasteiger partial charge is 0.387 e. The zero-order valence-corrected chi connectivity index (χ0v) is 10.9. The van der Waals surface area contributed by atoms with Crippen LogP contribution in [-0.2, 0) is 16.0 Å². The molecule has 0 heterocycles. The molecule has 0 aliphatic rings. The number of benzene rings is 1. The first-order valence-electron chi connectivity index (χ1n) is 5.03. The van der Waals surface area contributed by atoms with Gasteiger partial charge in [0.2, 0.25) is 0 Å². The van der Waals surface area contributed by atoms with Crippen molar-refractivity contribution in [3.05, 3.63) is 27.7 Å². The quantitative estimate of drug-likeness (QED) is 0.778. The number of esters is 1. The number of carbonyl (C=O) groups is 1. The topological polar surface area (TPSA) is 35.5 Å². The fourth-order valence-electron chi connectivity index (χ4n) is 1.31. The Hall–Kier alpha value is -1.07. The first-order chi connectivity index (χ1) is 8.45. The van der Waals surface area contributed by atoms with Gasteiger partial charge in [-0.15, -0.1) is 0 Å². The highest BCUT2D eigenvalue weighted by Crippen LogP contribution is 2.35. The fraction of sp³-hybridized carbons (Fsp3) is 0.364. The van der Waals surface area contributed by atoms with Crippen LogP contribution in [0.2, 0.25) is 10.0 Å². The van der Waals surface area contributed by atoms with Crippen LogP contribution < -0.4 is 4.74 Å². The summed E-state index contributed by atoms with van der Waals surface area (Å²) in [6.07, 6.45) is -0.282. The molecule has 1 aromatic carbocycles. The van der Waals surface area contributed by atoms with Crippen molar-refractivity contribution < 1.29 is 23.0 Å². The van der Waals surface area contributed by atoms with Crippen LogP contribution in [0, 0.1) is 0 Å². The van der Waals surface area contributed by atoms with E-state index in [2.05, 4.69) is 4.74 Å². The van der Waals surface area contributed by atoms with Crippen LogP contribution in [-0.4, -0.2) is 19.2 Å². The molecule has 1 aromatic rings. The summed E-state index contributed by atoms with van der Waals surface area (Å²) in [4.78, 5) is 11.3. The number of hydrogen-bond donors (Lipinski definition) is 0. The Morgan fingerprint density at radius 3 is 2.50 bits per heavy atom. The average Bonchev–Trinajstić information content (AvgIpc) is 2.28. The van der Waals surface area contributed by atoms with Crippen LogP contribution >= 0.6 is 23.2 Å². The van der Waals surface area contributed by atoms with Crippen molar-refractivity contribution in [2.45, 2.75) is 20.0 Å². The summed E-state index contributed by atoms with van der Waals surface area (Å²) in [7, 11) is 0. The SMILES string of the molecule is CCOC(=O)Cc1c(Cl)ccc(Cl)c1OC(F)F. The Balaban J connectivity index is 3.06. The largest absolute Gasteiger partial charge is 0.466 e. The monoisotopic (exact) mass is 298 g/mol. The summed E-state index contributed by atoms with van der Waals surface area (Å²) in [6, 6.07) is 2.72. The Morgan fingerprint density at radius 2 is 1.94 bits per heavy atom. The van der Waals surface area contributed by atoms with Crippen molar-refractivity contribution in [2.75, 3.05) is 6.61 Å². The van der Waals surface area contributed by atoms with Crippen LogP contribution in [0.1, 0.15) is 12.5 Å². The van der Waals surface area contributed by atoms with Gasteiger partial charge >= 0.3 is 12.6 Å². The van der Waals surface area contributed by atoms with E-state index in [0.29, 0.717) is 0 Å². The second kappa shape index (κ2) is 6.75. The molecule has 0 spiro atoms. The first kappa shape index (κ1) is 15.0. The van der Waals surface area contributed by atoms with E-state index >= 15 is 0 Å². The number of halogens is 4. The molecule has 0 N–H and O–H groups in total. The van der Waals surface area contributed by atoms with Gasteiger partial charge in [-0.2, -0.15) is 8.78 Å². The lowest BCUT2D eigenvalue weighted by Crippen LogP contribution is -2.11. The van der Waals surface area contributed by atoms with E-state index in [1.165, 1.54) is 12.1 Å². The minimum absolute atomic E-state index is 0.0426. The molecule has 0 bridgehead atoms.